The van der Waals surface area contributed by atoms with Gasteiger partial charge in [0.25, 0.3) is 0 Å². The van der Waals surface area contributed by atoms with Crippen LogP contribution in [0.1, 0.15) is 17.5 Å². The van der Waals surface area contributed by atoms with Crippen LogP contribution in [0.3, 0.4) is 0 Å². The van der Waals surface area contributed by atoms with Crippen LogP contribution in [0.4, 0.5) is 0 Å². The van der Waals surface area contributed by atoms with Crippen LogP contribution in [0, 0.1) is 11.3 Å². The molecule has 0 saturated carbocycles. The molecule has 0 radical (unpaired) electrons. The van der Waals surface area contributed by atoms with E-state index in [9.17, 15) is 8.42 Å². The second-order valence-electron chi connectivity index (χ2n) is 6.96. The third-order valence-corrected chi connectivity index (χ3v) is 6.44. The molecule has 28 heavy (non-hydrogen) atoms. The van der Waals surface area contributed by atoms with Gasteiger partial charge in [-0.3, -0.25) is 4.90 Å². The molecule has 2 aliphatic heterocycles. The molecule has 1 saturated heterocycles. The first-order chi connectivity index (χ1) is 13.5. The highest BCUT2D eigenvalue weighted by atomic mass is 32.2. The number of hydrogen-bond donors (Lipinski definition) is 1. The molecule has 7 nitrogen and oxygen atoms in total. The van der Waals surface area contributed by atoms with Gasteiger partial charge in [0.05, 0.1) is 16.5 Å². The lowest BCUT2D eigenvalue weighted by Gasteiger charge is -2.21. The van der Waals surface area contributed by atoms with Gasteiger partial charge in [0, 0.05) is 25.7 Å². The minimum Gasteiger partial charge on any atom is -0.486 e. The number of nitrogens with zero attached hydrogens (tertiary/aromatic N) is 2. The van der Waals surface area contributed by atoms with Gasteiger partial charge in [-0.15, -0.1) is 0 Å². The van der Waals surface area contributed by atoms with Crippen LogP contribution in [0.25, 0.3) is 0 Å². The van der Waals surface area contributed by atoms with E-state index in [1.807, 2.05) is 24.3 Å². The van der Waals surface area contributed by atoms with Crippen molar-refractivity contribution in [3.8, 4) is 17.6 Å². The fraction of sp³-hybridized carbons (Fsp3) is 0.350. The lowest BCUT2D eigenvalue weighted by atomic mass is 10.2. The van der Waals surface area contributed by atoms with Crippen molar-refractivity contribution >= 4 is 10.0 Å². The number of hydrogen-bond acceptors (Lipinski definition) is 6. The lowest BCUT2D eigenvalue weighted by Crippen LogP contribution is -2.36. The number of nitrogens with one attached hydrogen (secondary N) is 1. The Balaban J connectivity index is 1.36. The number of benzene rings is 2. The molecule has 8 heteroatoms. The summed E-state index contributed by atoms with van der Waals surface area (Å²) < 4.78 is 39.1. The molecule has 0 bridgehead atoms. The van der Waals surface area contributed by atoms with E-state index in [1.54, 1.807) is 0 Å². The average Bonchev–Trinajstić information content (AvgIpc) is 3.14. The predicted molar refractivity (Wildman–Crippen MR) is 103 cm³/mol. The highest BCUT2D eigenvalue weighted by molar-refractivity contribution is 7.89. The topological polar surface area (TPSA) is 91.7 Å². The highest BCUT2D eigenvalue weighted by Crippen LogP contribution is 2.31. The number of rotatable bonds is 5. The largest absolute Gasteiger partial charge is 0.486 e. The Hall–Kier alpha value is -2.60. The van der Waals surface area contributed by atoms with Crippen molar-refractivity contribution in [2.75, 3.05) is 26.3 Å². The molecule has 1 unspecified atom stereocenters. The summed E-state index contributed by atoms with van der Waals surface area (Å²) in [4.78, 5) is 2.40. The van der Waals surface area contributed by atoms with Crippen LogP contribution in [-0.2, 0) is 16.6 Å². The molecule has 2 aromatic rings. The Labute approximate surface area is 164 Å². The summed E-state index contributed by atoms with van der Waals surface area (Å²) in [7, 11) is -3.60. The van der Waals surface area contributed by atoms with E-state index in [-0.39, 0.29) is 10.9 Å². The van der Waals surface area contributed by atoms with E-state index in [2.05, 4.69) is 9.62 Å². The first-order valence-corrected chi connectivity index (χ1v) is 10.7. The molecule has 146 valence electrons. The molecule has 2 heterocycles. The first kappa shape index (κ1) is 18.7. The normalized spacial score (nSPS) is 19.3. The van der Waals surface area contributed by atoms with Crippen molar-refractivity contribution < 1.29 is 17.9 Å². The van der Waals surface area contributed by atoms with Crippen LogP contribution in [-0.4, -0.2) is 45.7 Å². The molecule has 0 aromatic heterocycles. The van der Waals surface area contributed by atoms with E-state index in [4.69, 9.17) is 14.7 Å². The molecular weight excluding hydrogens is 378 g/mol. The molecule has 2 aliphatic rings. The maximum atomic E-state index is 12.6. The van der Waals surface area contributed by atoms with Crippen molar-refractivity contribution in [3.05, 3.63) is 53.6 Å². The van der Waals surface area contributed by atoms with E-state index in [0.29, 0.717) is 25.3 Å². The molecule has 0 spiro atoms. The van der Waals surface area contributed by atoms with Gasteiger partial charge in [-0.2, -0.15) is 5.26 Å². The van der Waals surface area contributed by atoms with Crippen LogP contribution in [0.5, 0.6) is 11.5 Å². The number of ether oxygens (including phenoxy) is 2. The van der Waals surface area contributed by atoms with Crippen LogP contribution in [0.2, 0.25) is 0 Å². The van der Waals surface area contributed by atoms with Crippen molar-refractivity contribution in [2.24, 2.45) is 0 Å². The van der Waals surface area contributed by atoms with Gasteiger partial charge in [0.1, 0.15) is 13.2 Å². The van der Waals surface area contributed by atoms with Gasteiger partial charge in [0.2, 0.25) is 10.0 Å². The maximum Gasteiger partial charge on any atom is 0.240 e. The second kappa shape index (κ2) is 7.80. The Bertz CT molecular complexity index is 999. The fourth-order valence-electron chi connectivity index (χ4n) is 3.51. The third-order valence-electron chi connectivity index (χ3n) is 4.90. The number of fused-ring (bicyclic) bond motifs is 1. The lowest BCUT2D eigenvalue weighted by molar-refractivity contribution is 0.171. The van der Waals surface area contributed by atoms with Gasteiger partial charge >= 0.3 is 0 Å². The van der Waals surface area contributed by atoms with Gasteiger partial charge in [-0.25, -0.2) is 13.1 Å². The van der Waals surface area contributed by atoms with E-state index < -0.39 is 10.0 Å². The Morgan fingerprint density at radius 2 is 1.86 bits per heavy atom. The summed E-state index contributed by atoms with van der Waals surface area (Å²) in [6.07, 6.45) is 0.750. The van der Waals surface area contributed by atoms with Gasteiger partial charge in [-0.05, 0) is 48.4 Å². The Morgan fingerprint density at radius 3 is 2.61 bits per heavy atom. The van der Waals surface area contributed by atoms with Gasteiger partial charge in [0.15, 0.2) is 11.5 Å². The summed E-state index contributed by atoms with van der Waals surface area (Å²) in [5.41, 5.74) is 1.55. The fourth-order valence-corrected chi connectivity index (χ4v) is 4.77. The average molecular weight is 399 g/mol. The number of nitriles is 1. The van der Waals surface area contributed by atoms with Crippen LogP contribution < -0.4 is 14.2 Å². The molecule has 0 aliphatic carbocycles. The zero-order valence-electron chi connectivity index (χ0n) is 15.3. The molecule has 1 fully saturated rings. The monoisotopic (exact) mass is 399 g/mol. The summed E-state index contributed by atoms with van der Waals surface area (Å²) in [6, 6.07) is 13.7. The molecule has 0 amide bonds. The zero-order chi connectivity index (χ0) is 19.6. The van der Waals surface area contributed by atoms with E-state index in [1.165, 1.54) is 24.3 Å². The SMILES string of the molecule is N#Cc1ccc(S(=O)(=O)NC2CCN(Cc3ccc4c(c3)OCCO4)C2)cc1. The minimum absolute atomic E-state index is 0.141. The standard InChI is InChI=1S/C20H21N3O4S/c21-12-15-1-4-18(5-2-15)28(24,25)22-17-7-8-23(14-17)13-16-3-6-19-20(11-16)27-10-9-26-19/h1-6,11,17,22H,7-10,13-14H2. The van der Waals surface area contributed by atoms with Crippen LogP contribution >= 0.6 is 0 Å². The van der Waals surface area contributed by atoms with E-state index >= 15 is 0 Å². The molecule has 4 rings (SSSR count). The summed E-state index contributed by atoms with van der Waals surface area (Å²) in [6.45, 7) is 3.31. The third kappa shape index (κ3) is 4.12. The second-order valence-corrected chi connectivity index (χ2v) is 8.67. The summed E-state index contributed by atoms with van der Waals surface area (Å²) in [5, 5.41) is 8.84. The molecule has 1 atom stereocenters. The smallest absolute Gasteiger partial charge is 0.240 e. The minimum atomic E-state index is -3.60. The summed E-state index contributed by atoms with van der Waals surface area (Å²) in [5.74, 6) is 1.53. The van der Waals surface area contributed by atoms with Crippen LogP contribution in [0.15, 0.2) is 47.4 Å². The molecule has 2 aromatic carbocycles. The zero-order valence-corrected chi connectivity index (χ0v) is 16.1. The van der Waals surface area contributed by atoms with Crippen molar-refractivity contribution in [2.45, 2.75) is 23.9 Å². The van der Waals surface area contributed by atoms with E-state index in [0.717, 1.165) is 36.6 Å². The highest BCUT2D eigenvalue weighted by Gasteiger charge is 2.27. The maximum absolute atomic E-state index is 12.6. The van der Waals surface area contributed by atoms with Crippen molar-refractivity contribution in [1.29, 1.82) is 5.26 Å². The number of sulfonamides is 1. The van der Waals surface area contributed by atoms with Crippen molar-refractivity contribution in [1.82, 2.24) is 9.62 Å². The Morgan fingerprint density at radius 1 is 1.11 bits per heavy atom. The summed E-state index contributed by atoms with van der Waals surface area (Å²) >= 11 is 0. The predicted octanol–water partition coefficient (Wildman–Crippen LogP) is 1.88. The van der Waals surface area contributed by atoms with Crippen molar-refractivity contribution in [3.63, 3.8) is 0 Å². The van der Waals surface area contributed by atoms with Gasteiger partial charge < -0.3 is 9.47 Å². The van der Waals surface area contributed by atoms with Gasteiger partial charge in [-0.1, -0.05) is 6.07 Å². The quantitative estimate of drug-likeness (QED) is 0.825. The Kier molecular flexibility index (Phi) is 5.22. The molecular formula is C20H21N3O4S. The molecule has 1 N–H and O–H groups in total. The number of likely N-dealkylation sites (tertiary alicyclic amines) is 1. The first-order valence-electron chi connectivity index (χ1n) is 9.17.